The minimum atomic E-state index is -0.119. The quantitative estimate of drug-likeness (QED) is 0.423. The van der Waals surface area contributed by atoms with Crippen LogP contribution in [0.1, 0.15) is 5.56 Å². The molecule has 0 bridgehead atoms. The van der Waals surface area contributed by atoms with E-state index >= 15 is 0 Å². The van der Waals surface area contributed by atoms with Gasteiger partial charge in [-0.2, -0.15) is 0 Å². The summed E-state index contributed by atoms with van der Waals surface area (Å²) in [5, 5.41) is 11.7. The number of hydrogen-bond acceptors (Lipinski definition) is 6. The number of aryl methyl sites for hydroxylation is 1. The first kappa shape index (κ1) is 21.0. The number of amidine groups is 1. The number of fused-ring (bicyclic) bond motifs is 1. The first-order valence-electron chi connectivity index (χ1n) is 9.83. The number of benzene rings is 3. The molecule has 2 aliphatic rings. The summed E-state index contributed by atoms with van der Waals surface area (Å²) in [6, 6.07) is 20.2. The maximum Gasteiger partial charge on any atom is 0.274 e. The highest BCUT2D eigenvalue weighted by atomic mass is 35.5. The van der Waals surface area contributed by atoms with Gasteiger partial charge in [-0.1, -0.05) is 35.5 Å². The first-order valence-corrected chi connectivity index (χ1v) is 11.8. The van der Waals surface area contributed by atoms with Crippen LogP contribution in [0.3, 0.4) is 0 Å². The number of aliphatic imine (C=N–C) groups is 1. The van der Waals surface area contributed by atoms with Gasteiger partial charge in [-0.15, -0.1) is 0 Å². The second-order valence-electron chi connectivity index (χ2n) is 7.40. The van der Waals surface area contributed by atoms with E-state index in [1.165, 1.54) is 11.8 Å². The lowest BCUT2D eigenvalue weighted by atomic mass is 10.2. The smallest absolute Gasteiger partial charge is 0.274 e. The fourth-order valence-corrected chi connectivity index (χ4v) is 6.02. The molecule has 0 unspecified atom stereocenters. The number of aromatic hydroxyl groups is 1. The molecule has 1 fully saturated rings. The second kappa shape index (κ2) is 8.24. The van der Waals surface area contributed by atoms with Crippen LogP contribution in [0.25, 0.3) is 0 Å². The minimum absolute atomic E-state index is 0.119. The molecule has 1 N–H and O–H groups in total. The Morgan fingerprint density at radius 1 is 1.00 bits per heavy atom. The van der Waals surface area contributed by atoms with E-state index in [1.54, 1.807) is 40.9 Å². The van der Waals surface area contributed by atoms with Gasteiger partial charge in [0.05, 0.1) is 22.1 Å². The zero-order valence-electron chi connectivity index (χ0n) is 17.2. The van der Waals surface area contributed by atoms with Crippen LogP contribution in [0.5, 0.6) is 5.75 Å². The van der Waals surface area contributed by atoms with Crippen molar-refractivity contribution in [2.45, 2.75) is 11.8 Å². The van der Waals surface area contributed by atoms with Gasteiger partial charge in [-0.3, -0.25) is 9.69 Å². The first-order chi connectivity index (χ1) is 15.4. The fourth-order valence-electron chi connectivity index (χ4n) is 3.53. The maximum atomic E-state index is 13.7. The number of phenolic OH excluding ortho intramolecular Hbond substituents is 1. The highest BCUT2D eigenvalue weighted by Gasteiger charge is 2.40. The third-order valence-corrected chi connectivity index (χ3v) is 7.73. The highest BCUT2D eigenvalue weighted by Crippen LogP contribution is 2.51. The van der Waals surface area contributed by atoms with Crippen molar-refractivity contribution in [2.75, 3.05) is 16.8 Å². The van der Waals surface area contributed by atoms with Crippen LogP contribution in [-0.4, -0.2) is 23.2 Å². The molecule has 0 radical (unpaired) electrons. The summed E-state index contributed by atoms with van der Waals surface area (Å²) >= 11 is 9.10. The molecule has 2 aliphatic heterocycles. The third-order valence-electron chi connectivity index (χ3n) is 5.10. The predicted octanol–water partition coefficient (Wildman–Crippen LogP) is 6.53. The van der Waals surface area contributed by atoms with Gasteiger partial charge in [-0.25, -0.2) is 4.99 Å². The van der Waals surface area contributed by atoms with Crippen LogP contribution in [-0.2, 0) is 4.79 Å². The van der Waals surface area contributed by atoms with E-state index in [2.05, 4.69) is 0 Å². The monoisotopic (exact) mass is 479 g/mol. The lowest BCUT2D eigenvalue weighted by molar-refractivity contribution is -0.113. The number of rotatable bonds is 2. The molecule has 0 aliphatic carbocycles. The Kier molecular flexibility index (Phi) is 5.41. The number of thioether (sulfide) groups is 2. The highest BCUT2D eigenvalue weighted by molar-refractivity contribution is 8.20. The fraction of sp³-hybridized carbons (Fsp3) is 0.0833. The molecule has 2 heterocycles. The Labute approximate surface area is 199 Å². The predicted molar refractivity (Wildman–Crippen MR) is 134 cm³/mol. The molecule has 8 heteroatoms. The van der Waals surface area contributed by atoms with E-state index in [9.17, 15) is 9.90 Å². The number of halogens is 1. The van der Waals surface area contributed by atoms with Crippen LogP contribution < -0.4 is 9.80 Å². The van der Waals surface area contributed by atoms with Crippen LogP contribution in [0.15, 0.2) is 86.6 Å². The second-order valence-corrected chi connectivity index (χ2v) is 9.84. The summed E-state index contributed by atoms with van der Waals surface area (Å²) in [6.45, 7) is 1.99. The van der Waals surface area contributed by atoms with E-state index in [-0.39, 0.29) is 11.7 Å². The summed E-state index contributed by atoms with van der Waals surface area (Å²) in [4.78, 5) is 23.7. The molecule has 0 spiro atoms. The lowest BCUT2D eigenvalue weighted by Gasteiger charge is -2.17. The average molecular weight is 480 g/mol. The number of nitrogens with zero attached hydrogens (tertiary/aromatic N) is 3. The van der Waals surface area contributed by atoms with Gasteiger partial charge in [0.15, 0.2) is 5.17 Å². The van der Waals surface area contributed by atoms with Gasteiger partial charge in [0.2, 0.25) is 0 Å². The van der Waals surface area contributed by atoms with E-state index in [0.717, 1.165) is 26.9 Å². The molecule has 0 atom stereocenters. The maximum absolute atomic E-state index is 13.7. The molecule has 3 aromatic carbocycles. The normalized spacial score (nSPS) is 19.2. The number of amides is 1. The Balaban J connectivity index is 1.61. The number of hydrogen-bond donors (Lipinski definition) is 1. The lowest BCUT2D eigenvalue weighted by Crippen LogP contribution is -2.29. The van der Waals surface area contributed by atoms with E-state index in [4.69, 9.17) is 16.6 Å². The summed E-state index contributed by atoms with van der Waals surface area (Å²) in [7, 11) is 1.94. The van der Waals surface area contributed by atoms with Crippen LogP contribution in [0, 0.1) is 6.92 Å². The summed E-state index contributed by atoms with van der Waals surface area (Å²) in [5.41, 5.74) is 3.45. The van der Waals surface area contributed by atoms with Crippen molar-refractivity contribution >= 4 is 63.3 Å². The summed E-state index contributed by atoms with van der Waals surface area (Å²) in [6.07, 6.45) is 0. The molecular formula is C24H18ClN3O2S2. The van der Waals surface area contributed by atoms with Gasteiger partial charge in [0.1, 0.15) is 10.7 Å². The van der Waals surface area contributed by atoms with Gasteiger partial charge >= 0.3 is 0 Å². The van der Waals surface area contributed by atoms with E-state index in [1.807, 2.05) is 61.3 Å². The number of phenols is 1. The van der Waals surface area contributed by atoms with Crippen molar-refractivity contribution in [1.82, 2.24) is 0 Å². The topological polar surface area (TPSA) is 56.1 Å². The zero-order chi connectivity index (χ0) is 22.4. The van der Waals surface area contributed by atoms with Crippen molar-refractivity contribution in [3.63, 3.8) is 0 Å². The van der Waals surface area contributed by atoms with Gasteiger partial charge in [-0.05, 0) is 78.8 Å². The Bertz CT molecular complexity index is 1300. The van der Waals surface area contributed by atoms with Crippen LogP contribution in [0.4, 0.5) is 17.1 Å². The van der Waals surface area contributed by atoms with E-state index < -0.39 is 0 Å². The van der Waals surface area contributed by atoms with Crippen molar-refractivity contribution in [2.24, 2.45) is 4.99 Å². The largest absolute Gasteiger partial charge is 0.508 e. The Morgan fingerprint density at radius 3 is 2.53 bits per heavy atom. The minimum Gasteiger partial charge on any atom is -0.508 e. The van der Waals surface area contributed by atoms with Gasteiger partial charge in [0, 0.05) is 17.0 Å². The van der Waals surface area contributed by atoms with Crippen LogP contribution >= 0.6 is 35.1 Å². The molecule has 160 valence electrons. The summed E-state index contributed by atoms with van der Waals surface area (Å²) < 4.78 is 0. The third kappa shape index (κ3) is 3.77. The van der Waals surface area contributed by atoms with Crippen molar-refractivity contribution < 1.29 is 9.90 Å². The molecular weight excluding hydrogens is 462 g/mol. The Morgan fingerprint density at radius 2 is 1.78 bits per heavy atom. The van der Waals surface area contributed by atoms with Crippen LogP contribution in [0.2, 0.25) is 5.02 Å². The summed E-state index contributed by atoms with van der Waals surface area (Å²) in [5.74, 6) is 0.0502. The molecule has 1 amide bonds. The number of anilines is 2. The Hall–Kier alpha value is -2.87. The zero-order valence-corrected chi connectivity index (χ0v) is 19.6. The van der Waals surface area contributed by atoms with Crippen molar-refractivity contribution in [3.05, 3.63) is 87.3 Å². The molecule has 0 aromatic heterocycles. The van der Waals surface area contributed by atoms with Crippen molar-refractivity contribution in [1.29, 1.82) is 0 Å². The van der Waals surface area contributed by atoms with Gasteiger partial charge < -0.3 is 10.0 Å². The van der Waals surface area contributed by atoms with Gasteiger partial charge in [0.25, 0.3) is 5.91 Å². The molecule has 5 rings (SSSR count). The molecule has 0 saturated carbocycles. The molecule has 32 heavy (non-hydrogen) atoms. The number of carbonyl (C=O) groups excluding carboxylic acids is 1. The molecule has 1 saturated heterocycles. The molecule has 5 nitrogen and oxygen atoms in total. The number of carbonyl (C=O) groups is 1. The molecule has 3 aromatic rings. The standard InChI is InChI=1S/C24H18ClN3O2S2/c1-14-4-3-5-17(12-14)28-22(30)21(32-24(28)26-16-7-9-18(29)10-8-16)23-27(2)19-13-15(25)6-11-20(19)31-23/h3-13,29H,1-2H3. The SMILES string of the molecule is Cc1cccc(N2C(=O)C(=C3Sc4ccc(Cl)cc4N3C)SC2=Nc2ccc(O)cc2)c1. The van der Waals surface area contributed by atoms with E-state index in [0.29, 0.717) is 20.8 Å². The average Bonchev–Trinajstić information content (AvgIpc) is 3.26. The van der Waals surface area contributed by atoms with Crippen molar-refractivity contribution in [3.8, 4) is 5.75 Å².